The van der Waals surface area contributed by atoms with Gasteiger partial charge in [-0.1, -0.05) is 43.1 Å². The van der Waals surface area contributed by atoms with Crippen molar-refractivity contribution in [1.29, 1.82) is 0 Å². The van der Waals surface area contributed by atoms with Crippen molar-refractivity contribution in [3.63, 3.8) is 0 Å². The van der Waals surface area contributed by atoms with E-state index in [-0.39, 0.29) is 5.91 Å². The summed E-state index contributed by atoms with van der Waals surface area (Å²) in [6, 6.07) is 8.66. The summed E-state index contributed by atoms with van der Waals surface area (Å²) in [5.74, 6) is 0.967. The number of hydrogen-bond donors (Lipinski definition) is 2. The Labute approximate surface area is 146 Å². The fourth-order valence-electron chi connectivity index (χ4n) is 1.95. The second kappa shape index (κ2) is 8.18. The predicted octanol–water partition coefficient (Wildman–Crippen LogP) is 4.91. The first-order valence-corrected chi connectivity index (χ1v) is 8.18. The number of carbonyl (C=O) groups is 1. The highest BCUT2D eigenvalue weighted by atomic mass is 35.5. The van der Waals surface area contributed by atoms with Crippen molar-refractivity contribution in [2.45, 2.75) is 20.3 Å². The Morgan fingerprint density at radius 1 is 1.26 bits per heavy atom. The van der Waals surface area contributed by atoms with E-state index in [0.717, 1.165) is 6.42 Å². The predicted molar refractivity (Wildman–Crippen MR) is 95.8 cm³/mol. The lowest BCUT2D eigenvalue weighted by molar-refractivity contribution is 0.0952. The van der Waals surface area contributed by atoms with Gasteiger partial charge in [0, 0.05) is 18.3 Å². The smallest absolute Gasteiger partial charge is 0.251 e. The first-order chi connectivity index (χ1) is 11.0. The van der Waals surface area contributed by atoms with Gasteiger partial charge in [-0.3, -0.25) is 4.79 Å². The van der Waals surface area contributed by atoms with Crippen LogP contribution in [0.3, 0.4) is 0 Å². The van der Waals surface area contributed by atoms with Crippen LogP contribution in [-0.4, -0.2) is 17.4 Å². The minimum Gasteiger partial charge on any atom is -0.352 e. The zero-order chi connectivity index (χ0) is 16.8. The Morgan fingerprint density at radius 3 is 2.78 bits per heavy atom. The summed E-state index contributed by atoms with van der Waals surface area (Å²) < 4.78 is 0. The van der Waals surface area contributed by atoms with Crippen LogP contribution in [0.4, 0.5) is 11.5 Å². The number of pyridine rings is 1. The summed E-state index contributed by atoms with van der Waals surface area (Å²) in [5.41, 5.74) is 1.19. The molecule has 6 heteroatoms. The number of rotatable bonds is 6. The summed E-state index contributed by atoms with van der Waals surface area (Å²) in [6.07, 6.45) is 2.53. The average molecular weight is 352 g/mol. The lowest BCUT2D eigenvalue weighted by atomic mass is 10.1. The van der Waals surface area contributed by atoms with E-state index in [1.807, 2.05) is 0 Å². The molecule has 0 radical (unpaired) electrons. The number of aromatic nitrogens is 1. The first-order valence-electron chi connectivity index (χ1n) is 7.42. The third-order valence-electron chi connectivity index (χ3n) is 3.24. The highest BCUT2D eigenvalue weighted by Gasteiger charge is 2.09. The second-order valence-corrected chi connectivity index (χ2v) is 6.38. The highest BCUT2D eigenvalue weighted by Crippen LogP contribution is 2.31. The van der Waals surface area contributed by atoms with Crippen molar-refractivity contribution in [1.82, 2.24) is 10.3 Å². The summed E-state index contributed by atoms with van der Waals surface area (Å²) in [4.78, 5) is 16.3. The van der Waals surface area contributed by atoms with Crippen LogP contribution >= 0.6 is 23.2 Å². The molecule has 1 heterocycles. The zero-order valence-corrected chi connectivity index (χ0v) is 14.6. The normalized spacial score (nSPS) is 10.7. The topological polar surface area (TPSA) is 54.0 Å². The molecule has 0 bridgehead atoms. The van der Waals surface area contributed by atoms with Gasteiger partial charge >= 0.3 is 0 Å². The number of halogens is 2. The molecule has 4 nitrogen and oxygen atoms in total. The average Bonchev–Trinajstić information content (AvgIpc) is 2.52. The van der Waals surface area contributed by atoms with Crippen LogP contribution < -0.4 is 10.6 Å². The summed E-state index contributed by atoms with van der Waals surface area (Å²) in [7, 11) is 0. The monoisotopic (exact) mass is 351 g/mol. The molecular formula is C17H19Cl2N3O. The molecule has 0 aliphatic heterocycles. The fraction of sp³-hybridized carbons (Fsp3) is 0.294. The number of hydrogen-bond acceptors (Lipinski definition) is 3. The van der Waals surface area contributed by atoms with Gasteiger partial charge in [0.1, 0.15) is 5.82 Å². The molecule has 1 aromatic carbocycles. The van der Waals surface area contributed by atoms with Gasteiger partial charge in [0.05, 0.1) is 15.7 Å². The number of benzene rings is 1. The Balaban J connectivity index is 2.07. The third kappa shape index (κ3) is 5.12. The number of anilines is 2. The van der Waals surface area contributed by atoms with Gasteiger partial charge in [0.2, 0.25) is 0 Å². The van der Waals surface area contributed by atoms with Crippen molar-refractivity contribution in [2.24, 2.45) is 5.92 Å². The van der Waals surface area contributed by atoms with Gasteiger partial charge in [0.15, 0.2) is 0 Å². The minimum atomic E-state index is -0.117. The molecule has 0 aliphatic carbocycles. The Morgan fingerprint density at radius 2 is 2.04 bits per heavy atom. The van der Waals surface area contributed by atoms with Crippen LogP contribution in [0.25, 0.3) is 0 Å². The molecule has 122 valence electrons. The second-order valence-electron chi connectivity index (χ2n) is 5.59. The van der Waals surface area contributed by atoms with Gasteiger partial charge in [-0.05, 0) is 36.6 Å². The van der Waals surface area contributed by atoms with Crippen LogP contribution in [0.5, 0.6) is 0 Å². The largest absolute Gasteiger partial charge is 0.352 e. The van der Waals surface area contributed by atoms with E-state index in [1.165, 1.54) is 0 Å². The highest BCUT2D eigenvalue weighted by molar-refractivity contribution is 6.43. The van der Waals surface area contributed by atoms with Crippen LogP contribution in [0.15, 0.2) is 36.5 Å². The fourth-order valence-corrected chi connectivity index (χ4v) is 2.30. The first kappa shape index (κ1) is 17.6. The van der Waals surface area contributed by atoms with E-state index < -0.39 is 0 Å². The minimum absolute atomic E-state index is 0.117. The molecule has 2 rings (SSSR count). The van der Waals surface area contributed by atoms with E-state index in [4.69, 9.17) is 23.2 Å². The molecule has 0 aliphatic rings. The number of amides is 1. The third-order valence-corrected chi connectivity index (χ3v) is 4.06. The van der Waals surface area contributed by atoms with Crippen molar-refractivity contribution in [3.8, 4) is 0 Å². The van der Waals surface area contributed by atoms with Crippen LogP contribution in [0.2, 0.25) is 10.0 Å². The lowest BCUT2D eigenvalue weighted by Crippen LogP contribution is -2.25. The number of nitrogens with one attached hydrogen (secondary N) is 2. The molecule has 1 amide bonds. The van der Waals surface area contributed by atoms with E-state index in [2.05, 4.69) is 29.5 Å². The van der Waals surface area contributed by atoms with Gasteiger partial charge < -0.3 is 10.6 Å². The molecule has 0 saturated heterocycles. The molecular weight excluding hydrogens is 333 g/mol. The van der Waals surface area contributed by atoms with Crippen LogP contribution in [-0.2, 0) is 0 Å². The molecule has 0 fully saturated rings. The van der Waals surface area contributed by atoms with Crippen LogP contribution in [0.1, 0.15) is 30.6 Å². The summed E-state index contributed by atoms with van der Waals surface area (Å²) in [6.45, 7) is 4.90. The van der Waals surface area contributed by atoms with Crippen molar-refractivity contribution in [2.75, 3.05) is 11.9 Å². The maximum absolute atomic E-state index is 12.1. The lowest BCUT2D eigenvalue weighted by Gasteiger charge is -2.10. The molecule has 0 saturated carbocycles. The molecule has 0 spiro atoms. The molecule has 1 aromatic heterocycles. The standard InChI is InChI=1S/C17H19Cl2N3O/c1-11(2)6-8-21-17(23)12-7-9-20-15(10-12)22-14-5-3-4-13(18)16(14)19/h3-5,7,9-11H,6,8H2,1-2H3,(H,20,22)(H,21,23). The van der Waals surface area contributed by atoms with Gasteiger partial charge in [-0.15, -0.1) is 0 Å². The molecule has 23 heavy (non-hydrogen) atoms. The van der Waals surface area contributed by atoms with Gasteiger partial charge in [-0.25, -0.2) is 4.98 Å². The Bertz CT molecular complexity index is 689. The summed E-state index contributed by atoms with van der Waals surface area (Å²) >= 11 is 12.1. The van der Waals surface area contributed by atoms with Crippen molar-refractivity contribution >= 4 is 40.6 Å². The number of carbonyl (C=O) groups excluding carboxylic acids is 1. The Kier molecular flexibility index (Phi) is 6.25. The SMILES string of the molecule is CC(C)CCNC(=O)c1ccnc(Nc2cccc(Cl)c2Cl)c1. The van der Waals surface area contributed by atoms with Crippen LogP contribution in [0, 0.1) is 5.92 Å². The molecule has 2 aromatic rings. The van der Waals surface area contributed by atoms with Gasteiger partial charge in [0.25, 0.3) is 5.91 Å². The maximum Gasteiger partial charge on any atom is 0.251 e. The van der Waals surface area contributed by atoms with E-state index in [1.54, 1.807) is 36.5 Å². The zero-order valence-electron chi connectivity index (χ0n) is 13.1. The molecule has 0 atom stereocenters. The quantitative estimate of drug-likeness (QED) is 0.777. The van der Waals surface area contributed by atoms with Crippen molar-refractivity contribution in [3.05, 3.63) is 52.1 Å². The van der Waals surface area contributed by atoms with Crippen molar-refractivity contribution < 1.29 is 4.79 Å². The Hall–Kier alpha value is -1.78. The maximum atomic E-state index is 12.1. The molecule has 2 N–H and O–H groups in total. The number of nitrogens with zero attached hydrogens (tertiary/aromatic N) is 1. The van der Waals surface area contributed by atoms with E-state index in [0.29, 0.717) is 39.6 Å². The van der Waals surface area contributed by atoms with Gasteiger partial charge in [-0.2, -0.15) is 0 Å². The summed E-state index contributed by atoms with van der Waals surface area (Å²) in [5, 5.41) is 6.85. The van der Waals surface area contributed by atoms with E-state index >= 15 is 0 Å². The molecule has 0 unspecified atom stereocenters. The van der Waals surface area contributed by atoms with E-state index in [9.17, 15) is 4.79 Å².